The standard InChI is InChI=1S/C22H26N4O2/c27-20(24-15-18-7-3-1-4-8-18)16-25-17-26(19-9-5-2-6-10-19)22(21(25)28)11-13-23-14-12-22/h1-10,23H,11-17H2,(H,24,27). The van der Waals surface area contributed by atoms with Crippen molar-refractivity contribution in [2.45, 2.75) is 24.9 Å². The molecule has 2 aromatic rings. The third-order valence-corrected chi connectivity index (χ3v) is 5.68. The third-order valence-electron chi connectivity index (χ3n) is 5.68. The van der Waals surface area contributed by atoms with Gasteiger partial charge in [-0.1, -0.05) is 48.5 Å². The molecule has 6 nitrogen and oxygen atoms in total. The maximum atomic E-state index is 13.4. The van der Waals surface area contributed by atoms with Gasteiger partial charge in [0, 0.05) is 12.2 Å². The molecular formula is C22H26N4O2. The van der Waals surface area contributed by atoms with Crippen molar-refractivity contribution in [2.24, 2.45) is 0 Å². The number of nitrogens with one attached hydrogen (secondary N) is 2. The van der Waals surface area contributed by atoms with E-state index in [4.69, 9.17) is 0 Å². The molecule has 2 saturated heterocycles. The van der Waals surface area contributed by atoms with E-state index in [0.29, 0.717) is 13.2 Å². The Labute approximate surface area is 165 Å². The summed E-state index contributed by atoms with van der Waals surface area (Å²) < 4.78 is 0. The second kappa shape index (κ2) is 8.02. The number of carbonyl (C=O) groups excluding carboxylic acids is 2. The highest BCUT2D eigenvalue weighted by molar-refractivity contribution is 5.96. The van der Waals surface area contributed by atoms with Gasteiger partial charge in [-0.05, 0) is 43.6 Å². The number of para-hydroxylation sites is 1. The van der Waals surface area contributed by atoms with Crippen LogP contribution in [0.25, 0.3) is 0 Å². The van der Waals surface area contributed by atoms with Crippen LogP contribution in [0.3, 0.4) is 0 Å². The molecule has 0 bridgehead atoms. The van der Waals surface area contributed by atoms with Gasteiger partial charge < -0.3 is 20.4 Å². The molecular weight excluding hydrogens is 352 g/mol. The predicted molar refractivity (Wildman–Crippen MR) is 109 cm³/mol. The average Bonchev–Trinajstić information content (AvgIpc) is 3.00. The summed E-state index contributed by atoms with van der Waals surface area (Å²) in [5.41, 5.74) is 1.53. The van der Waals surface area contributed by atoms with Crippen LogP contribution < -0.4 is 15.5 Å². The molecule has 2 heterocycles. The molecule has 2 amide bonds. The second-order valence-corrected chi connectivity index (χ2v) is 7.45. The number of rotatable bonds is 5. The maximum Gasteiger partial charge on any atom is 0.250 e. The topological polar surface area (TPSA) is 64.7 Å². The number of hydrogen-bond donors (Lipinski definition) is 2. The summed E-state index contributed by atoms with van der Waals surface area (Å²) in [5, 5.41) is 6.27. The molecule has 2 aliphatic heterocycles. The number of carbonyl (C=O) groups is 2. The van der Waals surface area contributed by atoms with Crippen LogP contribution in [0.1, 0.15) is 18.4 Å². The highest BCUT2D eigenvalue weighted by Crippen LogP contribution is 2.37. The Morgan fingerprint density at radius 3 is 2.32 bits per heavy atom. The normalized spacial score (nSPS) is 18.5. The fourth-order valence-corrected chi connectivity index (χ4v) is 4.19. The van der Waals surface area contributed by atoms with Gasteiger partial charge in [-0.25, -0.2) is 0 Å². The van der Waals surface area contributed by atoms with Gasteiger partial charge in [0.1, 0.15) is 12.1 Å². The van der Waals surface area contributed by atoms with Crippen LogP contribution in [-0.4, -0.2) is 48.6 Å². The Kier molecular flexibility index (Phi) is 5.30. The quantitative estimate of drug-likeness (QED) is 0.832. The van der Waals surface area contributed by atoms with Gasteiger partial charge in [-0.15, -0.1) is 0 Å². The molecule has 0 radical (unpaired) electrons. The number of piperidine rings is 1. The van der Waals surface area contributed by atoms with Crippen molar-refractivity contribution in [1.29, 1.82) is 0 Å². The Bertz CT molecular complexity index is 819. The molecule has 1 spiro atoms. The van der Waals surface area contributed by atoms with Gasteiger partial charge in [-0.3, -0.25) is 9.59 Å². The van der Waals surface area contributed by atoms with Crippen LogP contribution in [0.5, 0.6) is 0 Å². The van der Waals surface area contributed by atoms with Crippen LogP contribution in [0.2, 0.25) is 0 Å². The summed E-state index contributed by atoms with van der Waals surface area (Å²) in [6.45, 7) is 2.62. The SMILES string of the molecule is O=C(CN1CN(c2ccccc2)C2(CCNCC2)C1=O)NCc1ccccc1. The van der Waals surface area contributed by atoms with Gasteiger partial charge in [-0.2, -0.15) is 0 Å². The third kappa shape index (κ3) is 3.60. The lowest BCUT2D eigenvalue weighted by Crippen LogP contribution is -2.55. The lowest BCUT2D eigenvalue weighted by atomic mass is 9.86. The minimum absolute atomic E-state index is 0.0627. The molecule has 28 heavy (non-hydrogen) atoms. The minimum atomic E-state index is -0.549. The maximum absolute atomic E-state index is 13.4. The second-order valence-electron chi connectivity index (χ2n) is 7.45. The number of anilines is 1. The van der Waals surface area contributed by atoms with Crippen molar-refractivity contribution < 1.29 is 9.59 Å². The van der Waals surface area contributed by atoms with E-state index < -0.39 is 5.54 Å². The molecule has 4 rings (SSSR count). The Morgan fingerprint density at radius 2 is 1.64 bits per heavy atom. The van der Waals surface area contributed by atoms with Crippen LogP contribution in [0.4, 0.5) is 5.69 Å². The van der Waals surface area contributed by atoms with Gasteiger partial charge in [0.25, 0.3) is 0 Å². The van der Waals surface area contributed by atoms with Gasteiger partial charge in [0.15, 0.2) is 0 Å². The molecule has 0 atom stereocenters. The van der Waals surface area contributed by atoms with Crippen LogP contribution in [0.15, 0.2) is 60.7 Å². The lowest BCUT2D eigenvalue weighted by Gasteiger charge is -2.40. The summed E-state index contributed by atoms with van der Waals surface area (Å²) in [4.78, 5) is 29.7. The first-order chi connectivity index (χ1) is 13.7. The van der Waals surface area contributed by atoms with E-state index in [9.17, 15) is 9.59 Å². The molecule has 2 aromatic carbocycles. The van der Waals surface area contributed by atoms with E-state index in [1.165, 1.54) is 0 Å². The lowest BCUT2D eigenvalue weighted by molar-refractivity contribution is -0.136. The van der Waals surface area contributed by atoms with Crippen LogP contribution >= 0.6 is 0 Å². The zero-order valence-electron chi connectivity index (χ0n) is 15.9. The zero-order valence-corrected chi connectivity index (χ0v) is 15.9. The monoisotopic (exact) mass is 378 g/mol. The minimum Gasteiger partial charge on any atom is -0.350 e. The summed E-state index contributed by atoms with van der Waals surface area (Å²) in [7, 11) is 0. The van der Waals surface area contributed by atoms with Gasteiger partial charge >= 0.3 is 0 Å². The first kappa shape index (κ1) is 18.5. The molecule has 0 saturated carbocycles. The van der Waals surface area contributed by atoms with Gasteiger partial charge in [0.05, 0.1) is 6.67 Å². The largest absolute Gasteiger partial charge is 0.350 e. The Balaban J connectivity index is 1.47. The number of amides is 2. The van der Waals surface area contributed by atoms with Crippen LogP contribution in [0, 0.1) is 0 Å². The van der Waals surface area contributed by atoms with Crippen molar-refractivity contribution >= 4 is 17.5 Å². The molecule has 2 aliphatic rings. The van der Waals surface area contributed by atoms with E-state index in [-0.39, 0.29) is 18.4 Å². The van der Waals surface area contributed by atoms with Crippen molar-refractivity contribution in [3.63, 3.8) is 0 Å². The average molecular weight is 378 g/mol. The van der Waals surface area contributed by atoms with E-state index in [0.717, 1.165) is 37.2 Å². The number of hydrogen-bond acceptors (Lipinski definition) is 4. The highest BCUT2D eigenvalue weighted by Gasteiger charge is 2.52. The number of nitrogens with zero attached hydrogens (tertiary/aromatic N) is 2. The van der Waals surface area contributed by atoms with Gasteiger partial charge in [0.2, 0.25) is 11.8 Å². The molecule has 0 aromatic heterocycles. The first-order valence-electron chi connectivity index (χ1n) is 9.82. The van der Waals surface area contributed by atoms with E-state index >= 15 is 0 Å². The van der Waals surface area contributed by atoms with Crippen molar-refractivity contribution in [1.82, 2.24) is 15.5 Å². The molecule has 6 heteroatoms. The van der Waals surface area contributed by atoms with E-state index in [1.54, 1.807) is 4.90 Å². The summed E-state index contributed by atoms with van der Waals surface area (Å²) >= 11 is 0. The predicted octanol–water partition coefficient (Wildman–Crippen LogP) is 1.73. The molecule has 2 N–H and O–H groups in total. The van der Waals surface area contributed by atoms with Crippen LogP contribution in [-0.2, 0) is 16.1 Å². The van der Waals surface area contributed by atoms with E-state index in [2.05, 4.69) is 15.5 Å². The fourth-order valence-electron chi connectivity index (χ4n) is 4.19. The van der Waals surface area contributed by atoms with Crippen molar-refractivity contribution in [2.75, 3.05) is 31.2 Å². The van der Waals surface area contributed by atoms with E-state index in [1.807, 2.05) is 60.7 Å². The molecule has 146 valence electrons. The Hall–Kier alpha value is -2.86. The van der Waals surface area contributed by atoms with Crippen molar-refractivity contribution in [3.05, 3.63) is 66.2 Å². The highest BCUT2D eigenvalue weighted by atomic mass is 16.2. The first-order valence-corrected chi connectivity index (χ1v) is 9.82. The fraction of sp³-hybridized carbons (Fsp3) is 0.364. The summed E-state index contributed by atoms with van der Waals surface area (Å²) in [6, 6.07) is 19.8. The summed E-state index contributed by atoms with van der Waals surface area (Å²) in [6.07, 6.45) is 1.51. The Morgan fingerprint density at radius 1 is 1.00 bits per heavy atom. The zero-order chi connectivity index (χ0) is 19.4. The summed E-state index contributed by atoms with van der Waals surface area (Å²) in [5.74, 6) is -0.0658. The number of benzene rings is 2. The molecule has 0 aliphatic carbocycles. The molecule has 0 unspecified atom stereocenters. The van der Waals surface area contributed by atoms with Crippen molar-refractivity contribution in [3.8, 4) is 0 Å². The molecule has 2 fully saturated rings. The smallest absolute Gasteiger partial charge is 0.250 e.